The number of anilines is 2. The number of benzene rings is 2. The summed E-state index contributed by atoms with van der Waals surface area (Å²) >= 11 is 0. The minimum Gasteiger partial charge on any atom is -0.480 e. The maximum atomic E-state index is 12.4. The zero-order valence-corrected chi connectivity index (χ0v) is 15.8. The van der Waals surface area contributed by atoms with E-state index in [4.69, 9.17) is 16.2 Å². The Morgan fingerprint density at radius 2 is 1.75 bits per heavy atom. The van der Waals surface area contributed by atoms with Crippen LogP contribution in [0.3, 0.4) is 0 Å². The van der Waals surface area contributed by atoms with Gasteiger partial charge in [0.2, 0.25) is 0 Å². The molecular weight excluding hydrogens is 384 g/mol. The van der Waals surface area contributed by atoms with E-state index in [1.54, 1.807) is 18.2 Å². The Balaban J connectivity index is 2.17. The lowest BCUT2D eigenvalue weighted by atomic mass is 10.2. The molecule has 2 aromatic rings. The van der Waals surface area contributed by atoms with Crippen LogP contribution in [0.15, 0.2) is 53.4 Å². The Labute approximate surface area is 162 Å². The van der Waals surface area contributed by atoms with E-state index < -0.39 is 27.0 Å². The Kier molecular flexibility index (Phi) is 6.37. The van der Waals surface area contributed by atoms with Crippen LogP contribution in [-0.4, -0.2) is 36.6 Å². The third kappa shape index (κ3) is 4.86. The molecule has 0 spiro atoms. The van der Waals surface area contributed by atoms with Gasteiger partial charge in [-0.25, -0.2) is 8.42 Å². The monoisotopic (exact) mass is 404 g/mol. The van der Waals surface area contributed by atoms with Gasteiger partial charge in [0.1, 0.15) is 0 Å². The van der Waals surface area contributed by atoms with Crippen molar-refractivity contribution in [1.29, 1.82) is 5.41 Å². The minimum absolute atomic E-state index is 0.0548. The normalized spacial score (nSPS) is 12.0. The molecule has 6 N–H and O–H groups in total. The summed E-state index contributed by atoms with van der Waals surface area (Å²) in [6.45, 7) is 1.49. The number of carbonyl (C=O) groups excluding carboxylic acids is 1. The largest absolute Gasteiger partial charge is 0.480 e. The predicted octanol–water partition coefficient (Wildman–Crippen LogP) is 1.88. The number of nitrogens with one attached hydrogen (secondary N) is 3. The number of hydrogen-bond donors (Lipinski definition) is 5. The van der Waals surface area contributed by atoms with E-state index in [0.29, 0.717) is 16.9 Å². The summed E-state index contributed by atoms with van der Waals surface area (Å²) in [5.74, 6) is -2.11. The Hall–Kier alpha value is -3.40. The first kappa shape index (κ1) is 20.9. The highest BCUT2D eigenvalue weighted by Gasteiger charge is 2.32. The first-order chi connectivity index (χ1) is 13.1. The van der Waals surface area contributed by atoms with Gasteiger partial charge in [0.25, 0.3) is 5.91 Å². The molecule has 2 rings (SSSR count). The van der Waals surface area contributed by atoms with Gasteiger partial charge in [-0.2, -0.15) is 0 Å². The molecule has 1 atom stereocenters. The molecular formula is C18H20N4O5S. The van der Waals surface area contributed by atoms with Crippen molar-refractivity contribution in [2.45, 2.75) is 23.5 Å². The average Bonchev–Trinajstić information content (AvgIpc) is 2.61. The van der Waals surface area contributed by atoms with Crippen LogP contribution >= 0.6 is 0 Å². The van der Waals surface area contributed by atoms with Crippen molar-refractivity contribution in [2.24, 2.45) is 5.73 Å². The van der Waals surface area contributed by atoms with Crippen LogP contribution in [0.4, 0.5) is 11.4 Å². The lowest BCUT2D eigenvalue weighted by molar-refractivity contribution is -0.136. The second kappa shape index (κ2) is 8.53. The van der Waals surface area contributed by atoms with Crippen LogP contribution < -0.4 is 16.4 Å². The van der Waals surface area contributed by atoms with Crippen molar-refractivity contribution in [2.75, 3.05) is 10.6 Å². The maximum absolute atomic E-state index is 12.4. The molecule has 0 aliphatic heterocycles. The van der Waals surface area contributed by atoms with E-state index in [-0.39, 0.29) is 17.3 Å². The molecule has 2 aromatic carbocycles. The Morgan fingerprint density at radius 1 is 1.11 bits per heavy atom. The van der Waals surface area contributed by atoms with Gasteiger partial charge in [-0.05, 0) is 48.9 Å². The number of nitrogens with two attached hydrogens (primary N) is 1. The van der Waals surface area contributed by atoms with Crippen LogP contribution in [0, 0.1) is 5.41 Å². The Morgan fingerprint density at radius 3 is 2.29 bits per heavy atom. The number of carbonyl (C=O) groups is 2. The SMILES string of the molecule is CCC(C(=O)O)S(=O)(=O)c1ccc(NC(=O)c2cccc(NC(=N)N)c2)cc1. The van der Waals surface area contributed by atoms with E-state index in [9.17, 15) is 18.0 Å². The third-order valence-electron chi connectivity index (χ3n) is 3.87. The van der Waals surface area contributed by atoms with Crippen molar-refractivity contribution >= 4 is 39.0 Å². The number of rotatable bonds is 7. The van der Waals surface area contributed by atoms with Crippen LogP contribution in [0.2, 0.25) is 0 Å². The second-order valence-electron chi connectivity index (χ2n) is 5.88. The molecule has 10 heteroatoms. The molecule has 0 aromatic heterocycles. The van der Waals surface area contributed by atoms with Gasteiger partial charge in [0.05, 0.1) is 4.90 Å². The zero-order valence-electron chi connectivity index (χ0n) is 15.0. The molecule has 0 saturated carbocycles. The number of guanidine groups is 1. The minimum atomic E-state index is -4.02. The van der Waals surface area contributed by atoms with Crippen molar-refractivity contribution in [3.05, 3.63) is 54.1 Å². The van der Waals surface area contributed by atoms with Crippen LogP contribution in [-0.2, 0) is 14.6 Å². The topological polar surface area (TPSA) is 162 Å². The van der Waals surface area contributed by atoms with Crippen molar-refractivity contribution in [1.82, 2.24) is 0 Å². The zero-order chi connectivity index (χ0) is 20.9. The highest BCUT2D eigenvalue weighted by molar-refractivity contribution is 7.92. The van der Waals surface area contributed by atoms with Crippen molar-refractivity contribution in [3.8, 4) is 0 Å². The van der Waals surface area contributed by atoms with Gasteiger partial charge in [-0.3, -0.25) is 15.0 Å². The third-order valence-corrected chi connectivity index (χ3v) is 6.08. The average molecular weight is 404 g/mol. The van der Waals surface area contributed by atoms with E-state index in [1.165, 1.54) is 37.3 Å². The highest BCUT2D eigenvalue weighted by atomic mass is 32.2. The smallest absolute Gasteiger partial charge is 0.322 e. The number of carboxylic acid groups (broad SMARTS) is 1. The maximum Gasteiger partial charge on any atom is 0.322 e. The number of carboxylic acids is 1. The molecule has 9 nitrogen and oxygen atoms in total. The first-order valence-electron chi connectivity index (χ1n) is 8.24. The van der Waals surface area contributed by atoms with Gasteiger partial charge in [0.15, 0.2) is 21.0 Å². The standard InChI is InChI=1S/C18H20N4O5S/c1-2-15(17(24)25)28(26,27)14-8-6-12(7-9-14)21-16(23)11-4-3-5-13(10-11)22-18(19)20/h3-10,15H,2H2,1H3,(H,21,23)(H,24,25)(H4,19,20,22). The summed E-state index contributed by atoms with van der Waals surface area (Å²) in [5, 5.41) is 20.0. The molecule has 148 valence electrons. The van der Waals surface area contributed by atoms with Gasteiger partial charge < -0.3 is 21.5 Å². The number of hydrogen-bond acceptors (Lipinski definition) is 5. The van der Waals surface area contributed by atoms with E-state index in [2.05, 4.69) is 10.6 Å². The van der Waals surface area contributed by atoms with E-state index in [0.717, 1.165) is 0 Å². The van der Waals surface area contributed by atoms with Gasteiger partial charge >= 0.3 is 5.97 Å². The number of aliphatic carboxylic acids is 1. The highest BCUT2D eigenvalue weighted by Crippen LogP contribution is 2.21. The molecule has 0 aliphatic rings. The molecule has 0 bridgehead atoms. The molecule has 0 fully saturated rings. The van der Waals surface area contributed by atoms with Crippen molar-refractivity contribution < 1.29 is 23.1 Å². The second-order valence-corrected chi connectivity index (χ2v) is 8.01. The lowest BCUT2D eigenvalue weighted by Gasteiger charge is -2.12. The summed E-state index contributed by atoms with van der Waals surface area (Å²) < 4.78 is 24.8. The number of sulfone groups is 1. The summed E-state index contributed by atoms with van der Waals surface area (Å²) in [5.41, 5.74) is 6.38. The fourth-order valence-electron chi connectivity index (χ4n) is 2.52. The molecule has 28 heavy (non-hydrogen) atoms. The summed E-state index contributed by atoms with van der Waals surface area (Å²) in [7, 11) is -4.02. The fraction of sp³-hybridized carbons (Fsp3) is 0.167. The molecule has 0 heterocycles. The van der Waals surface area contributed by atoms with Crippen LogP contribution in [0.5, 0.6) is 0 Å². The van der Waals surface area contributed by atoms with Gasteiger partial charge in [-0.15, -0.1) is 0 Å². The van der Waals surface area contributed by atoms with E-state index in [1.807, 2.05) is 0 Å². The summed E-state index contributed by atoms with van der Waals surface area (Å²) in [6, 6.07) is 11.6. The fourth-order valence-corrected chi connectivity index (χ4v) is 4.06. The van der Waals surface area contributed by atoms with Crippen molar-refractivity contribution in [3.63, 3.8) is 0 Å². The molecule has 1 unspecified atom stereocenters. The van der Waals surface area contributed by atoms with Crippen LogP contribution in [0.1, 0.15) is 23.7 Å². The van der Waals surface area contributed by atoms with Gasteiger partial charge in [0, 0.05) is 16.9 Å². The quantitative estimate of drug-likeness (QED) is 0.347. The van der Waals surface area contributed by atoms with E-state index >= 15 is 0 Å². The van der Waals surface area contributed by atoms with Crippen LogP contribution in [0.25, 0.3) is 0 Å². The van der Waals surface area contributed by atoms with Gasteiger partial charge in [-0.1, -0.05) is 13.0 Å². The predicted molar refractivity (Wildman–Crippen MR) is 105 cm³/mol. The number of amides is 1. The summed E-state index contributed by atoms with van der Waals surface area (Å²) in [4.78, 5) is 23.4. The molecule has 0 aliphatic carbocycles. The molecule has 1 amide bonds. The first-order valence-corrected chi connectivity index (χ1v) is 9.79. The molecule has 0 radical (unpaired) electrons. The lowest BCUT2D eigenvalue weighted by Crippen LogP contribution is -2.29. The molecule has 0 saturated heterocycles. The summed E-state index contributed by atoms with van der Waals surface area (Å²) in [6.07, 6.45) is -0.0548. The Bertz CT molecular complexity index is 1000.